The van der Waals surface area contributed by atoms with Crippen LogP contribution in [0, 0.1) is 0 Å². The highest BCUT2D eigenvalue weighted by Crippen LogP contribution is 2.28. The topological polar surface area (TPSA) is 74.4 Å². The van der Waals surface area contributed by atoms with Crippen molar-refractivity contribution in [2.45, 2.75) is 6.92 Å². The summed E-state index contributed by atoms with van der Waals surface area (Å²) in [6.45, 7) is 2.36. The highest BCUT2D eigenvalue weighted by Gasteiger charge is 2.14. The fourth-order valence-electron chi connectivity index (χ4n) is 1.90. The van der Waals surface area contributed by atoms with Crippen LogP contribution in [0.15, 0.2) is 36.5 Å². The van der Waals surface area contributed by atoms with Crippen LogP contribution in [0.4, 0.5) is 5.69 Å². The number of hydrogen-bond acceptors (Lipinski definition) is 5. The first-order valence-electron chi connectivity index (χ1n) is 6.23. The summed E-state index contributed by atoms with van der Waals surface area (Å²) in [5, 5.41) is 0. The van der Waals surface area contributed by atoms with Gasteiger partial charge < -0.3 is 15.2 Å². The van der Waals surface area contributed by atoms with Crippen molar-refractivity contribution in [1.29, 1.82) is 0 Å². The number of anilines is 1. The van der Waals surface area contributed by atoms with E-state index < -0.39 is 5.97 Å². The summed E-state index contributed by atoms with van der Waals surface area (Å²) in [4.78, 5) is 15.9. The van der Waals surface area contributed by atoms with Gasteiger partial charge in [-0.05, 0) is 24.6 Å². The molecule has 0 aliphatic rings. The van der Waals surface area contributed by atoms with Gasteiger partial charge in [-0.2, -0.15) is 0 Å². The highest BCUT2D eigenvalue weighted by atomic mass is 16.5. The molecule has 2 aromatic rings. The van der Waals surface area contributed by atoms with Crippen molar-refractivity contribution < 1.29 is 14.3 Å². The number of carbonyl (C=O) groups excluding carboxylic acids is 1. The number of rotatable bonds is 4. The number of carbonyl (C=O) groups is 1. The number of nitrogen functional groups attached to an aromatic ring is 1. The van der Waals surface area contributed by atoms with Gasteiger partial charge in [-0.1, -0.05) is 18.2 Å². The zero-order valence-electron chi connectivity index (χ0n) is 11.4. The van der Waals surface area contributed by atoms with Crippen molar-refractivity contribution in [1.82, 2.24) is 4.98 Å². The summed E-state index contributed by atoms with van der Waals surface area (Å²) in [7, 11) is 1.35. The summed E-state index contributed by atoms with van der Waals surface area (Å²) in [6.07, 6.45) is 1.63. The third kappa shape index (κ3) is 2.71. The molecule has 1 heterocycles. The van der Waals surface area contributed by atoms with Crippen molar-refractivity contribution >= 4 is 11.7 Å². The van der Waals surface area contributed by atoms with Crippen molar-refractivity contribution in [3.63, 3.8) is 0 Å². The first-order valence-corrected chi connectivity index (χ1v) is 6.23. The molecule has 0 aliphatic carbocycles. The van der Waals surface area contributed by atoms with E-state index in [1.54, 1.807) is 24.4 Å². The molecule has 0 bridgehead atoms. The minimum Gasteiger partial charge on any atom is -0.477 e. The molecule has 5 nitrogen and oxygen atoms in total. The normalized spacial score (nSPS) is 10.1. The third-order valence-corrected chi connectivity index (χ3v) is 2.80. The summed E-state index contributed by atoms with van der Waals surface area (Å²) in [6, 6.07) is 8.88. The van der Waals surface area contributed by atoms with Gasteiger partial charge in [0.2, 0.25) is 5.88 Å². The van der Waals surface area contributed by atoms with Crippen LogP contribution >= 0.6 is 0 Å². The number of pyridine rings is 1. The maximum absolute atomic E-state index is 11.8. The van der Waals surface area contributed by atoms with Crippen LogP contribution in [0.25, 0.3) is 11.1 Å². The Balaban J connectivity index is 2.47. The van der Waals surface area contributed by atoms with Crippen LogP contribution in [-0.2, 0) is 4.74 Å². The standard InChI is InChI=1S/C15H16N2O3/c1-3-20-14-13(16)8-10(9-17-14)11-6-4-5-7-12(11)15(18)19-2/h4-9H,3,16H2,1-2H3. The lowest BCUT2D eigenvalue weighted by Gasteiger charge is -2.10. The number of hydrogen-bond donors (Lipinski definition) is 1. The van der Waals surface area contributed by atoms with Gasteiger partial charge in [-0.15, -0.1) is 0 Å². The van der Waals surface area contributed by atoms with E-state index in [1.807, 2.05) is 19.1 Å². The zero-order valence-corrected chi connectivity index (χ0v) is 11.4. The molecule has 0 aliphatic heterocycles. The smallest absolute Gasteiger partial charge is 0.338 e. The van der Waals surface area contributed by atoms with Gasteiger partial charge in [0.05, 0.1) is 25.0 Å². The molecule has 0 radical (unpaired) electrons. The minimum absolute atomic E-state index is 0.395. The maximum atomic E-state index is 11.8. The number of esters is 1. The average molecular weight is 272 g/mol. The van der Waals surface area contributed by atoms with Gasteiger partial charge in [0.15, 0.2) is 0 Å². The zero-order chi connectivity index (χ0) is 14.5. The van der Waals surface area contributed by atoms with E-state index in [0.29, 0.717) is 23.7 Å². The van der Waals surface area contributed by atoms with Gasteiger partial charge in [0.25, 0.3) is 0 Å². The molecule has 0 spiro atoms. The van der Waals surface area contributed by atoms with E-state index in [1.165, 1.54) is 7.11 Å². The van der Waals surface area contributed by atoms with E-state index in [9.17, 15) is 4.79 Å². The van der Waals surface area contributed by atoms with Crippen LogP contribution in [-0.4, -0.2) is 24.7 Å². The van der Waals surface area contributed by atoms with E-state index in [4.69, 9.17) is 15.2 Å². The van der Waals surface area contributed by atoms with Crippen LogP contribution in [0.1, 0.15) is 17.3 Å². The van der Waals surface area contributed by atoms with E-state index in [-0.39, 0.29) is 0 Å². The van der Waals surface area contributed by atoms with Crippen LogP contribution in [0.5, 0.6) is 5.88 Å². The highest BCUT2D eigenvalue weighted by molar-refractivity contribution is 5.97. The molecule has 0 unspecified atom stereocenters. The van der Waals surface area contributed by atoms with Gasteiger partial charge in [0.1, 0.15) is 0 Å². The SMILES string of the molecule is CCOc1ncc(-c2ccccc2C(=O)OC)cc1N. The molecule has 0 saturated carbocycles. The quantitative estimate of drug-likeness (QED) is 0.866. The largest absolute Gasteiger partial charge is 0.477 e. The summed E-state index contributed by atoms with van der Waals surface area (Å²) >= 11 is 0. The first-order chi connectivity index (χ1) is 9.67. The number of benzene rings is 1. The monoisotopic (exact) mass is 272 g/mol. The van der Waals surface area contributed by atoms with Gasteiger partial charge in [-0.25, -0.2) is 9.78 Å². The molecule has 104 valence electrons. The third-order valence-electron chi connectivity index (χ3n) is 2.80. The fraction of sp³-hybridized carbons (Fsp3) is 0.200. The molecule has 0 fully saturated rings. The van der Waals surface area contributed by atoms with E-state index >= 15 is 0 Å². The molecular weight excluding hydrogens is 256 g/mol. The maximum Gasteiger partial charge on any atom is 0.338 e. The minimum atomic E-state index is -0.395. The second-order valence-electron chi connectivity index (χ2n) is 4.09. The second-order valence-corrected chi connectivity index (χ2v) is 4.09. The predicted molar refractivity (Wildman–Crippen MR) is 76.6 cm³/mol. The number of nitrogens with zero attached hydrogens (tertiary/aromatic N) is 1. The molecule has 5 heteroatoms. The molecule has 1 aromatic carbocycles. The Morgan fingerprint density at radius 1 is 1.35 bits per heavy atom. The van der Waals surface area contributed by atoms with Crippen molar-refractivity contribution in [2.24, 2.45) is 0 Å². The van der Waals surface area contributed by atoms with Crippen molar-refractivity contribution in [2.75, 3.05) is 19.5 Å². The molecule has 2 N–H and O–H groups in total. The Kier molecular flexibility index (Phi) is 4.20. The van der Waals surface area contributed by atoms with E-state index in [2.05, 4.69) is 4.98 Å². The second kappa shape index (κ2) is 6.06. The molecule has 2 rings (SSSR count). The van der Waals surface area contributed by atoms with Crippen molar-refractivity contribution in [3.8, 4) is 17.0 Å². The number of aromatic nitrogens is 1. The molecule has 1 aromatic heterocycles. The lowest BCUT2D eigenvalue weighted by Crippen LogP contribution is -2.04. The van der Waals surface area contributed by atoms with Crippen LogP contribution in [0.2, 0.25) is 0 Å². The Bertz CT molecular complexity index is 626. The fourth-order valence-corrected chi connectivity index (χ4v) is 1.90. The molecule has 0 saturated heterocycles. The predicted octanol–water partition coefficient (Wildman–Crippen LogP) is 2.52. The molecule has 0 atom stereocenters. The van der Waals surface area contributed by atoms with Crippen LogP contribution in [0.3, 0.4) is 0 Å². The van der Waals surface area contributed by atoms with Gasteiger partial charge in [-0.3, -0.25) is 0 Å². The summed E-state index contributed by atoms with van der Waals surface area (Å²) in [5.41, 5.74) is 8.27. The van der Waals surface area contributed by atoms with Gasteiger partial charge in [0, 0.05) is 11.8 Å². The molecule has 20 heavy (non-hydrogen) atoms. The van der Waals surface area contributed by atoms with Crippen molar-refractivity contribution in [3.05, 3.63) is 42.1 Å². The molecular formula is C15H16N2O3. The number of nitrogens with two attached hydrogens (primary N) is 1. The molecule has 0 amide bonds. The Labute approximate surface area is 117 Å². The van der Waals surface area contributed by atoms with Crippen LogP contribution < -0.4 is 10.5 Å². The number of methoxy groups -OCH3 is 1. The van der Waals surface area contributed by atoms with E-state index in [0.717, 1.165) is 11.1 Å². The Morgan fingerprint density at radius 2 is 2.10 bits per heavy atom. The lowest BCUT2D eigenvalue weighted by atomic mass is 10.0. The lowest BCUT2D eigenvalue weighted by molar-refractivity contribution is 0.0601. The first kappa shape index (κ1) is 13.9. The number of ether oxygens (including phenoxy) is 2. The Morgan fingerprint density at radius 3 is 2.75 bits per heavy atom. The van der Waals surface area contributed by atoms with Gasteiger partial charge >= 0.3 is 5.97 Å². The average Bonchev–Trinajstić information content (AvgIpc) is 2.48. The Hall–Kier alpha value is -2.56. The summed E-state index contributed by atoms with van der Waals surface area (Å²) in [5.74, 6) is -0.000134. The summed E-state index contributed by atoms with van der Waals surface area (Å²) < 4.78 is 10.1.